The van der Waals surface area contributed by atoms with Gasteiger partial charge in [0.1, 0.15) is 0 Å². The number of halogens is 2. The van der Waals surface area contributed by atoms with Crippen LogP contribution in [0.1, 0.15) is 6.92 Å². The van der Waals surface area contributed by atoms with Crippen molar-refractivity contribution in [3.8, 4) is 0 Å². The lowest BCUT2D eigenvalue weighted by atomic mass is 10.1. The SMILES string of the molecule is CNC(=O)C(C)CN(C)c1nc(Cl)nc(Cl)n1. The maximum atomic E-state index is 11.4. The maximum absolute atomic E-state index is 11.4. The van der Waals surface area contributed by atoms with Gasteiger partial charge in [0.25, 0.3) is 0 Å². The Labute approximate surface area is 109 Å². The molecule has 1 rings (SSSR count). The van der Waals surface area contributed by atoms with Gasteiger partial charge in [0, 0.05) is 20.6 Å². The van der Waals surface area contributed by atoms with E-state index >= 15 is 0 Å². The summed E-state index contributed by atoms with van der Waals surface area (Å²) >= 11 is 11.3. The molecular formula is C9H13Cl2N5O. The fourth-order valence-corrected chi connectivity index (χ4v) is 1.66. The minimum absolute atomic E-state index is 0.0273. The van der Waals surface area contributed by atoms with Crippen LogP contribution in [0.25, 0.3) is 0 Å². The highest BCUT2D eigenvalue weighted by Crippen LogP contribution is 2.13. The second-order valence-corrected chi connectivity index (χ2v) is 4.25. The number of carbonyl (C=O) groups excluding carboxylic acids is 1. The van der Waals surface area contributed by atoms with Crippen LogP contribution in [0.5, 0.6) is 0 Å². The van der Waals surface area contributed by atoms with Gasteiger partial charge < -0.3 is 10.2 Å². The molecule has 1 N–H and O–H groups in total. The number of carbonyl (C=O) groups is 1. The number of hydrogen-bond donors (Lipinski definition) is 1. The summed E-state index contributed by atoms with van der Waals surface area (Å²) in [5, 5.41) is 2.63. The van der Waals surface area contributed by atoms with Gasteiger partial charge in [-0.3, -0.25) is 4.79 Å². The van der Waals surface area contributed by atoms with Crippen molar-refractivity contribution in [1.29, 1.82) is 0 Å². The lowest BCUT2D eigenvalue weighted by Gasteiger charge is -2.20. The van der Waals surface area contributed by atoms with E-state index in [2.05, 4.69) is 20.3 Å². The van der Waals surface area contributed by atoms with E-state index in [4.69, 9.17) is 23.2 Å². The van der Waals surface area contributed by atoms with Crippen LogP contribution >= 0.6 is 23.2 Å². The van der Waals surface area contributed by atoms with Crippen molar-refractivity contribution in [2.24, 2.45) is 5.92 Å². The summed E-state index contributed by atoms with van der Waals surface area (Å²) in [6.07, 6.45) is 0. The summed E-state index contributed by atoms with van der Waals surface area (Å²) in [7, 11) is 3.34. The highest BCUT2D eigenvalue weighted by molar-refractivity contribution is 6.31. The molecule has 94 valence electrons. The first-order valence-electron chi connectivity index (χ1n) is 4.94. The quantitative estimate of drug-likeness (QED) is 0.889. The summed E-state index contributed by atoms with van der Waals surface area (Å²) < 4.78 is 0. The molecule has 0 aliphatic heterocycles. The van der Waals surface area contributed by atoms with Gasteiger partial charge >= 0.3 is 0 Å². The zero-order valence-electron chi connectivity index (χ0n) is 9.74. The molecular weight excluding hydrogens is 265 g/mol. The Morgan fingerprint density at radius 2 is 1.88 bits per heavy atom. The molecule has 8 heteroatoms. The van der Waals surface area contributed by atoms with E-state index in [9.17, 15) is 4.79 Å². The number of amides is 1. The van der Waals surface area contributed by atoms with Gasteiger partial charge in [-0.25, -0.2) is 0 Å². The minimum atomic E-state index is -0.195. The predicted octanol–water partition coefficient (Wildman–Crippen LogP) is 0.997. The van der Waals surface area contributed by atoms with Gasteiger partial charge in [-0.2, -0.15) is 15.0 Å². The van der Waals surface area contributed by atoms with Crippen molar-refractivity contribution < 1.29 is 4.79 Å². The summed E-state index contributed by atoms with van der Waals surface area (Å²) in [4.78, 5) is 24.6. The molecule has 0 fully saturated rings. The van der Waals surface area contributed by atoms with Gasteiger partial charge in [0.2, 0.25) is 22.4 Å². The number of anilines is 1. The van der Waals surface area contributed by atoms with E-state index in [1.165, 1.54) is 0 Å². The number of rotatable bonds is 4. The van der Waals surface area contributed by atoms with Gasteiger partial charge in [-0.1, -0.05) is 6.92 Å². The van der Waals surface area contributed by atoms with E-state index in [0.717, 1.165) is 0 Å². The van der Waals surface area contributed by atoms with Crippen molar-refractivity contribution in [3.05, 3.63) is 10.6 Å². The number of hydrogen-bond acceptors (Lipinski definition) is 5. The van der Waals surface area contributed by atoms with E-state index in [0.29, 0.717) is 12.5 Å². The first kappa shape index (κ1) is 13.9. The van der Waals surface area contributed by atoms with Crippen LogP contribution in [0, 0.1) is 5.92 Å². The predicted molar refractivity (Wildman–Crippen MR) is 66.3 cm³/mol. The van der Waals surface area contributed by atoms with Gasteiger partial charge in [-0.05, 0) is 23.2 Å². The summed E-state index contributed by atoms with van der Waals surface area (Å²) in [5.74, 6) is 0.0909. The Kier molecular flexibility index (Phi) is 4.89. The van der Waals surface area contributed by atoms with Crippen LogP contribution in [-0.4, -0.2) is 41.5 Å². The highest BCUT2D eigenvalue weighted by atomic mass is 35.5. The molecule has 1 heterocycles. The average molecular weight is 278 g/mol. The number of nitrogens with zero attached hydrogens (tertiary/aromatic N) is 4. The van der Waals surface area contributed by atoms with E-state index in [1.807, 2.05) is 0 Å². The fourth-order valence-electron chi connectivity index (χ4n) is 1.31. The molecule has 1 amide bonds. The summed E-state index contributed by atoms with van der Waals surface area (Å²) in [6.45, 7) is 2.26. The summed E-state index contributed by atoms with van der Waals surface area (Å²) in [5.41, 5.74) is 0. The number of aromatic nitrogens is 3. The second kappa shape index (κ2) is 5.97. The van der Waals surface area contributed by atoms with Gasteiger partial charge in [0.05, 0.1) is 5.92 Å². The van der Waals surface area contributed by atoms with Gasteiger partial charge in [0.15, 0.2) is 0 Å². The third-order valence-electron chi connectivity index (χ3n) is 2.15. The van der Waals surface area contributed by atoms with Crippen LogP contribution in [0.3, 0.4) is 0 Å². The molecule has 0 aromatic carbocycles. The minimum Gasteiger partial charge on any atom is -0.359 e. The molecule has 0 radical (unpaired) electrons. The molecule has 0 aliphatic rings. The van der Waals surface area contributed by atoms with Crippen LogP contribution in [0.4, 0.5) is 5.95 Å². The normalized spacial score (nSPS) is 12.1. The molecule has 1 aromatic heterocycles. The zero-order chi connectivity index (χ0) is 13.0. The molecule has 6 nitrogen and oxygen atoms in total. The smallest absolute Gasteiger partial charge is 0.230 e. The Morgan fingerprint density at radius 3 is 2.35 bits per heavy atom. The Morgan fingerprint density at radius 1 is 1.35 bits per heavy atom. The second-order valence-electron chi connectivity index (χ2n) is 3.57. The standard InChI is InChI=1S/C9H13Cl2N5O/c1-5(6(17)12-2)4-16(3)9-14-7(10)13-8(11)15-9/h5H,4H2,1-3H3,(H,12,17). The highest BCUT2D eigenvalue weighted by Gasteiger charge is 2.16. The number of nitrogens with one attached hydrogen (secondary N) is 1. The first-order chi connectivity index (χ1) is 7.93. The van der Waals surface area contributed by atoms with Crippen LogP contribution in [-0.2, 0) is 4.79 Å². The molecule has 0 saturated carbocycles. The largest absolute Gasteiger partial charge is 0.359 e. The topological polar surface area (TPSA) is 71.0 Å². The Balaban J connectivity index is 2.75. The molecule has 1 atom stereocenters. The first-order valence-corrected chi connectivity index (χ1v) is 5.69. The average Bonchev–Trinajstić information content (AvgIpc) is 2.26. The van der Waals surface area contributed by atoms with Crippen molar-refractivity contribution in [2.75, 3.05) is 25.5 Å². The molecule has 1 unspecified atom stereocenters. The molecule has 0 saturated heterocycles. The lowest BCUT2D eigenvalue weighted by Crippen LogP contribution is -2.35. The molecule has 17 heavy (non-hydrogen) atoms. The van der Waals surface area contributed by atoms with Crippen LogP contribution in [0.2, 0.25) is 10.6 Å². The third kappa shape index (κ3) is 3.98. The van der Waals surface area contributed by atoms with Crippen molar-refractivity contribution in [2.45, 2.75) is 6.92 Å². The van der Waals surface area contributed by atoms with Crippen LogP contribution in [0.15, 0.2) is 0 Å². The molecule has 0 bridgehead atoms. The van der Waals surface area contributed by atoms with E-state index in [1.54, 1.807) is 25.9 Å². The monoisotopic (exact) mass is 277 g/mol. The lowest BCUT2D eigenvalue weighted by molar-refractivity contribution is -0.123. The van der Waals surface area contributed by atoms with Crippen molar-refractivity contribution >= 4 is 35.1 Å². The Hall–Kier alpha value is -1.14. The zero-order valence-corrected chi connectivity index (χ0v) is 11.2. The van der Waals surface area contributed by atoms with Crippen LogP contribution < -0.4 is 10.2 Å². The fraction of sp³-hybridized carbons (Fsp3) is 0.556. The molecule has 1 aromatic rings. The van der Waals surface area contributed by atoms with E-state index in [-0.39, 0.29) is 22.4 Å². The Bertz CT molecular complexity index is 394. The maximum Gasteiger partial charge on any atom is 0.230 e. The van der Waals surface area contributed by atoms with E-state index < -0.39 is 0 Å². The molecule has 0 spiro atoms. The van der Waals surface area contributed by atoms with Crippen molar-refractivity contribution in [3.63, 3.8) is 0 Å². The van der Waals surface area contributed by atoms with Gasteiger partial charge in [-0.15, -0.1) is 0 Å². The van der Waals surface area contributed by atoms with Crippen molar-refractivity contribution in [1.82, 2.24) is 20.3 Å². The molecule has 0 aliphatic carbocycles. The third-order valence-corrected chi connectivity index (χ3v) is 2.49. The summed E-state index contributed by atoms with van der Waals surface area (Å²) in [6, 6.07) is 0.